The van der Waals surface area contributed by atoms with E-state index in [1.54, 1.807) is 0 Å². The van der Waals surface area contributed by atoms with Crippen molar-refractivity contribution in [1.82, 2.24) is 9.97 Å². The van der Waals surface area contributed by atoms with Crippen LogP contribution in [-0.2, 0) is 0 Å². The summed E-state index contributed by atoms with van der Waals surface area (Å²) in [7, 11) is 2.13. The number of rotatable bonds is 4. The molecule has 3 rings (SSSR count). The van der Waals surface area contributed by atoms with E-state index in [4.69, 9.17) is 5.84 Å². The predicted molar refractivity (Wildman–Crippen MR) is 76.8 cm³/mol. The molecule has 2 aliphatic carbocycles. The van der Waals surface area contributed by atoms with Gasteiger partial charge >= 0.3 is 0 Å². The first-order chi connectivity index (χ1) is 9.17. The van der Waals surface area contributed by atoms with Crippen LogP contribution < -0.4 is 16.2 Å². The fourth-order valence-electron chi connectivity index (χ4n) is 3.93. The van der Waals surface area contributed by atoms with Gasteiger partial charge in [0, 0.05) is 25.4 Å². The van der Waals surface area contributed by atoms with Gasteiger partial charge in [-0.3, -0.25) is 5.43 Å². The lowest BCUT2D eigenvalue weighted by atomic mass is 9.88. The number of nitrogens with two attached hydrogens (primary N) is 1. The first kappa shape index (κ1) is 12.7. The third kappa shape index (κ3) is 2.39. The van der Waals surface area contributed by atoms with Crippen LogP contribution in [0.15, 0.2) is 6.20 Å². The molecule has 3 atom stereocenters. The van der Waals surface area contributed by atoms with Crippen LogP contribution in [0.25, 0.3) is 0 Å². The van der Waals surface area contributed by atoms with Gasteiger partial charge in [0.1, 0.15) is 5.82 Å². The molecule has 0 spiro atoms. The topological polar surface area (TPSA) is 67.1 Å². The molecule has 0 aliphatic heterocycles. The summed E-state index contributed by atoms with van der Waals surface area (Å²) in [5.41, 5.74) is 3.62. The molecule has 2 fully saturated rings. The minimum Gasteiger partial charge on any atom is -0.359 e. The van der Waals surface area contributed by atoms with E-state index < -0.39 is 0 Å². The predicted octanol–water partition coefficient (Wildman–Crippen LogP) is 1.94. The van der Waals surface area contributed by atoms with Crippen LogP contribution in [0.5, 0.6) is 0 Å². The first-order valence-corrected chi connectivity index (χ1v) is 7.18. The fourth-order valence-corrected chi connectivity index (χ4v) is 3.93. The molecule has 1 heterocycles. The van der Waals surface area contributed by atoms with Crippen LogP contribution in [-0.4, -0.2) is 23.6 Å². The molecule has 1 aromatic rings. The van der Waals surface area contributed by atoms with Crippen molar-refractivity contribution in [3.63, 3.8) is 0 Å². The van der Waals surface area contributed by atoms with E-state index in [2.05, 4.69) is 27.3 Å². The maximum atomic E-state index is 5.39. The van der Waals surface area contributed by atoms with Crippen LogP contribution in [0.4, 0.5) is 11.8 Å². The molecular formula is C14H23N5. The fraction of sp³-hybridized carbons (Fsp3) is 0.714. The van der Waals surface area contributed by atoms with Crippen molar-refractivity contribution in [2.75, 3.05) is 23.9 Å². The molecule has 5 nitrogen and oxygen atoms in total. The zero-order chi connectivity index (χ0) is 13.4. The zero-order valence-corrected chi connectivity index (χ0v) is 11.8. The highest BCUT2D eigenvalue weighted by Crippen LogP contribution is 2.48. The Bertz CT molecular complexity index is 461. The van der Waals surface area contributed by atoms with Gasteiger partial charge < -0.3 is 4.90 Å². The summed E-state index contributed by atoms with van der Waals surface area (Å²) in [6, 6.07) is 0. The quantitative estimate of drug-likeness (QED) is 0.640. The van der Waals surface area contributed by atoms with E-state index >= 15 is 0 Å². The molecule has 2 aliphatic rings. The van der Waals surface area contributed by atoms with E-state index in [0.717, 1.165) is 35.7 Å². The van der Waals surface area contributed by atoms with Crippen LogP contribution >= 0.6 is 0 Å². The zero-order valence-electron chi connectivity index (χ0n) is 11.8. The molecule has 1 aromatic heterocycles. The normalized spacial score (nSPS) is 28.7. The van der Waals surface area contributed by atoms with Gasteiger partial charge in [-0.2, -0.15) is 4.98 Å². The standard InChI is InChI=1S/C14H23N5/c1-9-7-16-14(18-15)17-13(9)19(2)8-12-6-10-3-4-11(12)5-10/h7,10-12H,3-6,8,15H2,1-2H3,(H,16,17,18). The van der Waals surface area contributed by atoms with Gasteiger partial charge in [-0.05, 0) is 43.9 Å². The van der Waals surface area contributed by atoms with Gasteiger partial charge in [-0.1, -0.05) is 6.42 Å². The summed E-state index contributed by atoms with van der Waals surface area (Å²) < 4.78 is 0. The van der Waals surface area contributed by atoms with Gasteiger partial charge in [-0.15, -0.1) is 0 Å². The number of hydrogen-bond acceptors (Lipinski definition) is 5. The molecule has 2 bridgehead atoms. The molecule has 0 aromatic carbocycles. The van der Waals surface area contributed by atoms with Crippen molar-refractivity contribution < 1.29 is 0 Å². The van der Waals surface area contributed by atoms with Gasteiger partial charge in [0.05, 0.1) is 0 Å². The third-order valence-electron chi connectivity index (χ3n) is 4.83. The lowest BCUT2D eigenvalue weighted by Gasteiger charge is -2.28. The molecule has 5 heteroatoms. The average molecular weight is 261 g/mol. The molecule has 0 radical (unpaired) electrons. The Morgan fingerprint density at radius 3 is 2.89 bits per heavy atom. The Morgan fingerprint density at radius 1 is 1.42 bits per heavy atom. The largest absolute Gasteiger partial charge is 0.359 e. The Labute approximate surface area is 114 Å². The monoisotopic (exact) mass is 261 g/mol. The van der Waals surface area contributed by atoms with Crippen LogP contribution in [0, 0.1) is 24.7 Å². The van der Waals surface area contributed by atoms with E-state index in [0.29, 0.717) is 5.95 Å². The Kier molecular flexibility index (Phi) is 3.31. The minimum atomic E-state index is 0.486. The van der Waals surface area contributed by atoms with Crippen LogP contribution in [0.2, 0.25) is 0 Å². The van der Waals surface area contributed by atoms with E-state index in [1.165, 1.54) is 25.7 Å². The number of anilines is 2. The maximum Gasteiger partial charge on any atom is 0.239 e. The minimum absolute atomic E-state index is 0.486. The van der Waals surface area contributed by atoms with Crippen molar-refractivity contribution in [3.8, 4) is 0 Å². The summed E-state index contributed by atoms with van der Waals surface area (Å²) >= 11 is 0. The number of aryl methyl sites for hydroxylation is 1. The second-order valence-electron chi connectivity index (χ2n) is 6.16. The summed E-state index contributed by atoms with van der Waals surface area (Å²) in [5.74, 6) is 9.65. The first-order valence-electron chi connectivity index (χ1n) is 7.18. The highest BCUT2D eigenvalue weighted by molar-refractivity contribution is 5.48. The molecular weight excluding hydrogens is 238 g/mol. The molecule has 2 saturated carbocycles. The number of hydrazine groups is 1. The number of nitrogens with zero attached hydrogens (tertiary/aromatic N) is 3. The Hall–Kier alpha value is -1.36. The lowest BCUT2D eigenvalue weighted by molar-refractivity contribution is 0.337. The van der Waals surface area contributed by atoms with Crippen molar-refractivity contribution >= 4 is 11.8 Å². The maximum absolute atomic E-state index is 5.39. The van der Waals surface area contributed by atoms with E-state index in [1.807, 2.05) is 13.1 Å². The summed E-state index contributed by atoms with van der Waals surface area (Å²) in [4.78, 5) is 10.9. The second-order valence-corrected chi connectivity index (χ2v) is 6.16. The smallest absolute Gasteiger partial charge is 0.239 e. The third-order valence-corrected chi connectivity index (χ3v) is 4.83. The highest BCUT2D eigenvalue weighted by atomic mass is 15.3. The lowest BCUT2D eigenvalue weighted by Crippen LogP contribution is -2.30. The van der Waals surface area contributed by atoms with Crippen molar-refractivity contribution in [3.05, 3.63) is 11.8 Å². The van der Waals surface area contributed by atoms with Gasteiger partial charge in [0.15, 0.2) is 0 Å². The van der Waals surface area contributed by atoms with Gasteiger partial charge in [0.25, 0.3) is 0 Å². The summed E-state index contributed by atoms with van der Waals surface area (Å²) in [5, 5.41) is 0. The molecule has 3 unspecified atom stereocenters. The summed E-state index contributed by atoms with van der Waals surface area (Å²) in [6.07, 6.45) is 7.58. The van der Waals surface area contributed by atoms with Crippen LogP contribution in [0.3, 0.4) is 0 Å². The number of hydrogen-bond donors (Lipinski definition) is 2. The molecule has 0 saturated heterocycles. The molecule has 3 N–H and O–H groups in total. The van der Waals surface area contributed by atoms with Crippen molar-refractivity contribution in [1.29, 1.82) is 0 Å². The number of nitrogens with one attached hydrogen (secondary N) is 1. The van der Waals surface area contributed by atoms with Crippen LogP contribution in [0.1, 0.15) is 31.2 Å². The van der Waals surface area contributed by atoms with E-state index in [-0.39, 0.29) is 0 Å². The number of fused-ring (bicyclic) bond motifs is 2. The summed E-state index contributed by atoms with van der Waals surface area (Å²) in [6.45, 7) is 3.15. The number of aromatic nitrogens is 2. The second kappa shape index (κ2) is 4.96. The molecule has 19 heavy (non-hydrogen) atoms. The van der Waals surface area contributed by atoms with Gasteiger partial charge in [-0.25, -0.2) is 10.8 Å². The average Bonchev–Trinajstić information content (AvgIpc) is 3.01. The molecule has 104 valence electrons. The van der Waals surface area contributed by atoms with Crippen molar-refractivity contribution in [2.24, 2.45) is 23.6 Å². The Balaban J connectivity index is 1.71. The molecule has 0 amide bonds. The van der Waals surface area contributed by atoms with E-state index in [9.17, 15) is 0 Å². The van der Waals surface area contributed by atoms with Crippen molar-refractivity contribution in [2.45, 2.75) is 32.6 Å². The SMILES string of the molecule is Cc1cnc(NN)nc1N(C)CC1CC2CCC1C2. The van der Waals surface area contributed by atoms with Gasteiger partial charge in [0.2, 0.25) is 5.95 Å². The highest BCUT2D eigenvalue weighted by Gasteiger charge is 2.39. The number of nitrogen functional groups attached to an aromatic ring is 1. The Morgan fingerprint density at radius 2 is 2.26 bits per heavy atom.